The highest BCUT2D eigenvalue weighted by molar-refractivity contribution is 6.08. The van der Waals surface area contributed by atoms with E-state index in [1.807, 2.05) is 59.2 Å². The molecule has 216 valence electrons. The molecular weight excluding hydrogens is 512 g/mol. The predicted octanol–water partition coefficient (Wildman–Crippen LogP) is 7.47. The van der Waals surface area contributed by atoms with Crippen LogP contribution in [0.2, 0.25) is 0 Å². The average molecular weight is 555 g/mol. The second-order valence-corrected chi connectivity index (χ2v) is 12.5. The van der Waals surface area contributed by atoms with Gasteiger partial charge in [0.05, 0.1) is 13.2 Å². The van der Waals surface area contributed by atoms with Crippen LogP contribution in [0.3, 0.4) is 0 Å². The monoisotopic (exact) mass is 554 g/mol. The van der Waals surface area contributed by atoms with Gasteiger partial charge in [0.2, 0.25) is 0 Å². The number of aromatic carboxylic acids is 1. The van der Waals surface area contributed by atoms with Gasteiger partial charge in [-0.25, -0.2) is 4.79 Å². The Morgan fingerprint density at radius 2 is 1.66 bits per heavy atom. The summed E-state index contributed by atoms with van der Waals surface area (Å²) in [5, 5.41) is 11.5. The fourth-order valence-electron chi connectivity index (χ4n) is 5.26. The van der Waals surface area contributed by atoms with Gasteiger partial charge in [0.25, 0.3) is 0 Å². The molecule has 0 radical (unpaired) electrons. The van der Waals surface area contributed by atoms with Crippen molar-refractivity contribution in [3.8, 4) is 22.6 Å². The molecule has 0 unspecified atom stereocenters. The number of para-hydroxylation sites is 1. The van der Waals surface area contributed by atoms with E-state index in [0.717, 1.165) is 52.1 Å². The Bertz CT molecular complexity index is 1510. The SMILES string of the molecule is CN(C)CCCOc1cc(Cn2c(C(=O)O)c(-c3ccc(C(C)(C)C)cc3)c3ccccc32)cc(OCC2CC2)c1. The van der Waals surface area contributed by atoms with E-state index in [-0.39, 0.29) is 11.1 Å². The minimum Gasteiger partial charge on any atom is -0.493 e. The van der Waals surface area contributed by atoms with E-state index >= 15 is 0 Å². The van der Waals surface area contributed by atoms with E-state index in [0.29, 0.717) is 25.7 Å². The molecule has 0 saturated heterocycles. The third-order valence-electron chi connectivity index (χ3n) is 7.69. The zero-order chi connectivity index (χ0) is 29.1. The second-order valence-electron chi connectivity index (χ2n) is 12.5. The van der Waals surface area contributed by atoms with Crippen molar-refractivity contribution in [2.75, 3.05) is 33.9 Å². The Balaban J connectivity index is 1.54. The third kappa shape index (κ3) is 6.94. The molecule has 4 aromatic rings. The molecule has 0 spiro atoms. The number of nitrogens with zero attached hydrogens (tertiary/aromatic N) is 2. The first-order valence-corrected chi connectivity index (χ1v) is 14.6. The lowest BCUT2D eigenvalue weighted by Crippen LogP contribution is -2.15. The van der Waals surface area contributed by atoms with Crippen molar-refractivity contribution in [2.24, 2.45) is 5.92 Å². The summed E-state index contributed by atoms with van der Waals surface area (Å²) in [4.78, 5) is 15.0. The quantitative estimate of drug-likeness (QED) is 0.184. The maximum Gasteiger partial charge on any atom is 0.353 e. The van der Waals surface area contributed by atoms with Crippen LogP contribution in [-0.2, 0) is 12.0 Å². The summed E-state index contributed by atoms with van der Waals surface area (Å²) in [6.45, 7) is 9.17. The zero-order valence-corrected chi connectivity index (χ0v) is 24.9. The van der Waals surface area contributed by atoms with Gasteiger partial charge in [-0.2, -0.15) is 0 Å². The molecule has 3 aromatic carbocycles. The number of ether oxygens (including phenoxy) is 2. The van der Waals surface area contributed by atoms with Crippen LogP contribution in [0.5, 0.6) is 11.5 Å². The number of rotatable bonds is 12. The van der Waals surface area contributed by atoms with E-state index in [9.17, 15) is 9.90 Å². The number of carbonyl (C=O) groups is 1. The topological polar surface area (TPSA) is 63.9 Å². The summed E-state index contributed by atoms with van der Waals surface area (Å²) in [5.41, 5.74) is 4.99. The van der Waals surface area contributed by atoms with Crippen LogP contribution in [0.4, 0.5) is 0 Å². The molecule has 1 aliphatic carbocycles. The third-order valence-corrected chi connectivity index (χ3v) is 7.69. The number of fused-ring (bicyclic) bond motifs is 1. The summed E-state index contributed by atoms with van der Waals surface area (Å²) < 4.78 is 14.2. The Morgan fingerprint density at radius 1 is 0.976 bits per heavy atom. The normalized spacial score (nSPS) is 13.6. The van der Waals surface area contributed by atoms with Crippen molar-refractivity contribution >= 4 is 16.9 Å². The standard InChI is InChI=1S/C35H42N2O4/c1-35(2,3)27-15-13-26(14-16-27)32-30-9-6-7-10-31(30)37(33(32)34(38)39)22-25-19-28(40-18-8-17-36(4)5)21-29(20-25)41-23-24-11-12-24/h6-7,9-10,13-16,19-21,24H,8,11-12,17-18,22-23H2,1-5H3,(H,38,39). The average Bonchev–Trinajstić information content (AvgIpc) is 3.70. The van der Waals surface area contributed by atoms with Crippen LogP contribution < -0.4 is 9.47 Å². The van der Waals surface area contributed by atoms with Gasteiger partial charge in [0.1, 0.15) is 17.2 Å². The van der Waals surface area contributed by atoms with E-state index in [4.69, 9.17) is 9.47 Å². The van der Waals surface area contributed by atoms with Gasteiger partial charge in [-0.15, -0.1) is 0 Å². The van der Waals surface area contributed by atoms with E-state index in [2.05, 4.69) is 51.9 Å². The van der Waals surface area contributed by atoms with Crippen molar-refractivity contribution < 1.29 is 19.4 Å². The van der Waals surface area contributed by atoms with Crippen LogP contribution in [0.1, 0.15) is 61.6 Å². The van der Waals surface area contributed by atoms with Crippen molar-refractivity contribution in [1.29, 1.82) is 0 Å². The summed E-state index contributed by atoms with van der Waals surface area (Å²) in [6.07, 6.45) is 3.34. The molecule has 6 heteroatoms. The number of hydrogen-bond donors (Lipinski definition) is 1. The molecular formula is C35H42N2O4. The second kappa shape index (κ2) is 12.0. The molecule has 1 aromatic heterocycles. The number of benzene rings is 3. The molecule has 41 heavy (non-hydrogen) atoms. The molecule has 0 aliphatic heterocycles. The van der Waals surface area contributed by atoms with Gasteiger partial charge in [0, 0.05) is 35.6 Å². The Morgan fingerprint density at radius 3 is 2.29 bits per heavy atom. The molecule has 6 nitrogen and oxygen atoms in total. The highest BCUT2D eigenvalue weighted by Gasteiger charge is 2.25. The smallest absolute Gasteiger partial charge is 0.353 e. The van der Waals surface area contributed by atoms with Gasteiger partial charge in [-0.1, -0.05) is 63.2 Å². The Hall–Kier alpha value is -3.77. The minimum atomic E-state index is -0.947. The van der Waals surface area contributed by atoms with Gasteiger partial charge >= 0.3 is 5.97 Å². The summed E-state index contributed by atoms with van der Waals surface area (Å²) in [5.74, 6) is 1.20. The number of carboxylic acid groups (broad SMARTS) is 1. The van der Waals surface area contributed by atoms with Crippen molar-refractivity contribution in [3.05, 3.63) is 83.6 Å². The molecule has 0 bridgehead atoms. The van der Waals surface area contributed by atoms with Gasteiger partial charge in [0.15, 0.2) is 0 Å². The van der Waals surface area contributed by atoms with E-state index in [1.54, 1.807) is 0 Å². The zero-order valence-electron chi connectivity index (χ0n) is 24.9. The first-order valence-electron chi connectivity index (χ1n) is 14.6. The fraction of sp³-hybridized carbons (Fsp3) is 0.400. The maximum atomic E-state index is 12.9. The molecule has 0 amide bonds. The molecule has 1 heterocycles. The number of hydrogen-bond acceptors (Lipinski definition) is 4. The molecule has 1 N–H and O–H groups in total. The van der Waals surface area contributed by atoms with E-state index < -0.39 is 5.97 Å². The van der Waals surface area contributed by atoms with Crippen molar-refractivity contribution in [2.45, 2.75) is 52.0 Å². The fourth-order valence-corrected chi connectivity index (χ4v) is 5.26. The number of aromatic nitrogens is 1. The van der Waals surface area contributed by atoms with E-state index in [1.165, 1.54) is 18.4 Å². The first-order chi connectivity index (χ1) is 19.6. The lowest BCUT2D eigenvalue weighted by molar-refractivity contribution is 0.0687. The van der Waals surface area contributed by atoms with Crippen LogP contribution in [-0.4, -0.2) is 54.4 Å². The van der Waals surface area contributed by atoms with Crippen LogP contribution >= 0.6 is 0 Å². The van der Waals surface area contributed by atoms with Gasteiger partial charge < -0.3 is 24.0 Å². The highest BCUT2D eigenvalue weighted by atomic mass is 16.5. The van der Waals surface area contributed by atoms with Gasteiger partial charge in [-0.3, -0.25) is 0 Å². The lowest BCUT2D eigenvalue weighted by Gasteiger charge is -2.19. The first kappa shape index (κ1) is 28.7. The minimum absolute atomic E-state index is 0.0149. The van der Waals surface area contributed by atoms with Crippen LogP contribution in [0.15, 0.2) is 66.7 Å². The molecule has 1 aliphatic rings. The largest absolute Gasteiger partial charge is 0.493 e. The van der Waals surface area contributed by atoms with Crippen molar-refractivity contribution in [1.82, 2.24) is 9.47 Å². The number of carboxylic acids is 1. The molecule has 0 atom stereocenters. The summed E-state index contributed by atoms with van der Waals surface area (Å²) in [7, 11) is 4.11. The van der Waals surface area contributed by atoms with Crippen LogP contribution in [0, 0.1) is 5.92 Å². The lowest BCUT2D eigenvalue weighted by atomic mass is 9.86. The van der Waals surface area contributed by atoms with Gasteiger partial charge in [-0.05, 0) is 79.6 Å². The van der Waals surface area contributed by atoms with Crippen molar-refractivity contribution in [3.63, 3.8) is 0 Å². The molecule has 1 fully saturated rings. The summed E-state index contributed by atoms with van der Waals surface area (Å²) >= 11 is 0. The Labute approximate surface area is 243 Å². The summed E-state index contributed by atoms with van der Waals surface area (Å²) in [6, 6.07) is 22.2. The Kier molecular flexibility index (Phi) is 8.41. The highest BCUT2D eigenvalue weighted by Crippen LogP contribution is 2.37. The maximum absolute atomic E-state index is 12.9. The predicted molar refractivity (Wildman–Crippen MR) is 165 cm³/mol. The van der Waals surface area contributed by atoms with Crippen LogP contribution in [0.25, 0.3) is 22.0 Å². The molecule has 5 rings (SSSR count). The molecule has 1 saturated carbocycles.